The molecule has 2 fully saturated rings. The van der Waals surface area contributed by atoms with E-state index < -0.39 is 17.5 Å². The fourth-order valence-corrected chi connectivity index (χ4v) is 5.39. The molecule has 1 aromatic heterocycles. The van der Waals surface area contributed by atoms with E-state index in [-0.39, 0.29) is 30.2 Å². The van der Waals surface area contributed by atoms with Crippen LogP contribution in [0.4, 0.5) is 4.39 Å². The van der Waals surface area contributed by atoms with Crippen LogP contribution < -0.4 is 0 Å². The summed E-state index contributed by atoms with van der Waals surface area (Å²) < 4.78 is 27.3. The molecule has 1 saturated carbocycles. The van der Waals surface area contributed by atoms with E-state index in [1.54, 1.807) is 23.9 Å². The Morgan fingerprint density at radius 2 is 2.06 bits per heavy atom. The molecule has 8 heteroatoms. The summed E-state index contributed by atoms with van der Waals surface area (Å²) in [5, 5.41) is 8.34. The summed E-state index contributed by atoms with van der Waals surface area (Å²) >= 11 is 0. The van der Waals surface area contributed by atoms with Crippen LogP contribution in [-0.4, -0.2) is 46.1 Å². The molecule has 0 spiro atoms. The summed E-state index contributed by atoms with van der Waals surface area (Å²) in [6.45, 7) is 7.73. The number of hydrogen-bond donors (Lipinski definition) is 0. The normalized spacial score (nSPS) is 25.6. The van der Waals surface area contributed by atoms with E-state index in [2.05, 4.69) is 16.9 Å². The molecule has 4 rings (SSSR count). The Balaban J connectivity index is 1.49. The molecule has 1 saturated heterocycles. The van der Waals surface area contributed by atoms with Crippen molar-refractivity contribution in [3.8, 4) is 0 Å². The van der Waals surface area contributed by atoms with Crippen LogP contribution in [-0.2, 0) is 32.0 Å². The second-order valence-corrected chi connectivity index (χ2v) is 10.0. The number of methoxy groups -OCH3 is 1. The maximum Gasteiger partial charge on any atom is 0.322 e. The third-order valence-electron chi connectivity index (χ3n) is 7.54. The summed E-state index contributed by atoms with van der Waals surface area (Å²) in [6, 6.07) is 5.10. The molecule has 0 N–H and O–H groups in total. The van der Waals surface area contributed by atoms with Crippen LogP contribution in [0.5, 0.6) is 0 Å². The zero-order chi connectivity index (χ0) is 25.2. The highest BCUT2D eigenvalue weighted by atomic mass is 19.1. The topological polar surface area (TPSA) is 83.3 Å². The molecule has 1 aliphatic carbocycles. The molecule has 35 heavy (non-hydrogen) atoms. The highest BCUT2D eigenvalue weighted by Crippen LogP contribution is 2.43. The van der Waals surface area contributed by atoms with Crippen molar-refractivity contribution in [1.29, 1.82) is 0 Å². The van der Waals surface area contributed by atoms with Crippen molar-refractivity contribution < 1.29 is 23.5 Å². The van der Waals surface area contributed by atoms with Crippen LogP contribution in [0.1, 0.15) is 62.3 Å². The molecule has 2 aromatic rings. The molecule has 2 heterocycles. The van der Waals surface area contributed by atoms with E-state index >= 15 is 0 Å². The van der Waals surface area contributed by atoms with Gasteiger partial charge in [0.05, 0.1) is 31.6 Å². The molecule has 0 unspecified atom stereocenters. The molecule has 0 radical (unpaired) electrons. The molecule has 1 aromatic carbocycles. The number of halogens is 1. The van der Waals surface area contributed by atoms with Gasteiger partial charge in [0, 0.05) is 17.3 Å². The lowest BCUT2D eigenvalue weighted by molar-refractivity contribution is -0.179. The summed E-state index contributed by atoms with van der Waals surface area (Å²) in [7, 11) is 1.28. The molecule has 1 aliphatic heterocycles. The molecular weight excluding hydrogens is 449 g/mol. The Kier molecular flexibility index (Phi) is 7.50. The van der Waals surface area contributed by atoms with Gasteiger partial charge in [-0.25, -0.2) is 9.07 Å². The van der Waals surface area contributed by atoms with Gasteiger partial charge < -0.3 is 9.47 Å². The average molecular weight is 484 g/mol. The predicted octanol–water partition coefficient (Wildman–Crippen LogP) is 4.36. The Bertz CT molecular complexity index is 1110. The monoisotopic (exact) mass is 483 g/mol. The molecule has 3 atom stereocenters. The van der Waals surface area contributed by atoms with E-state index in [4.69, 9.17) is 9.47 Å². The second-order valence-electron chi connectivity index (χ2n) is 10.0. The second kappa shape index (κ2) is 10.4. The number of ether oxygens (including phenoxy) is 2. The van der Waals surface area contributed by atoms with Gasteiger partial charge in [-0.15, -0.1) is 5.10 Å². The standard InChI is InChI=1S/C27H34FN3O4/c1-17-10-11-20(22(28)14-17)15-31-16-21(29-30-31)12-13-23-27(3,26(33)34-4)25(32)18(2)24(35-23)19-8-6-5-7-9-19/h10-11,14,16,19,23-24H,2,5-9,12-13,15H2,1,3-4H3/t23-,24-,27-/m1/s1. The first kappa shape index (κ1) is 25.2. The molecule has 0 bridgehead atoms. The fourth-order valence-electron chi connectivity index (χ4n) is 5.39. The first-order chi connectivity index (χ1) is 16.7. The Labute approximate surface area is 205 Å². The number of nitrogens with zero attached hydrogens (tertiary/aromatic N) is 3. The maximum atomic E-state index is 14.2. The van der Waals surface area contributed by atoms with Gasteiger partial charge >= 0.3 is 5.97 Å². The lowest BCUT2D eigenvalue weighted by Crippen LogP contribution is -2.57. The highest BCUT2D eigenvalue weighted by Gasteiger charge is 2.56. The van der Waals surface area contributed by atoms with Gasteiger partial charge in [-0.05, 0) is 57.1 Å². The van der Waals surface area contributed by atoms with Crippen LogP contribution in [0.3, 0.4) is 0 Å². The van der Waals surface area contributed by atoms with E-state index in [1.165, 1.54) is 19.6 Å². The Morgan fingerprint density at radius 1 is 1.31 bits per heavy atom. The maximum absolute atomic E-state index is 14.2. The van der Waals surface area contributed by atoms with Gasteiger partial charge in [-0.1, -0.05) is 43.2 Å². The molecule has 188 valence electrons. The Morgan fingerprint density at radius 3 is 2.74 bits per heavy atom. The minimum Gasteiger partial charge on any atom is -0.468 e. The lowest BCUT2D eigenvalue weighted by atomic mass is 9.69. The minimum atomic E-state index is -1.46. The van der Waals surface area contributed by atoms with Crippen molar-refractivity contribution in [3.63, 3.8) is 0 Å². The summed E-state index contributed by atoms with van der Waals surface area (Å²) in [5.41, 5.74) is 0.972. The number of ketones is 1. The molecular formula is C27H34FN3O4. The van der Waals surface area contributed by atoms with Crippen molar-refractivity contribution in [1.82, 2.24) is 15.0 Å². The van der Waals surface area contributed by atoms with E-state index in [1.807, 2.05) is 13.0 Å². The summed E-state index contributed by atoms with van der Waals surface area (Å²) in [6.07, 6.45) is 6.93. The number of Topliss-reactive ketones (excluding diaryl/α,β-unsaturated/α-hetero) is 1. The minimum absolute atomic E-state index is 0.232. The first-order valence-electron chi connectivity index (χ1n) is 12.4. The van der Waals surface area contributed by atoms with Crippen LogP contribution in [0, 0.1) is 24.1 Å². The number of carbonyl (C=O) groups is 2. The van der Waals surface area contributed by atoms with Gasteiger partial charge in [0.15, 0.2) is 11.2 Å². The lowest BCUT2D eigenvalue weighted by Gasteiger charge is -2.45. The largest absolute Gasteiger partial charge is 0.468 e. The number of rotatable bonds is 7. The quantitative estimate of drug-likeness (QED) is 0.331. The smallest absolute Gasteiger partial charge is 0.322 e. The van der Waals surface area contributed by atoms with Crippen molar-refractivity contribution in [2.75, 3.05) is 7.11 Å². The zero-order valence-corrected chi connectivity index (χ0v) is 20.8. The van der Waals surface area contributed by atoms with Gasteiger partial charge in [0.2, 0.25) is 0 Å². The molecule has 0 amide bonds. The van der Waals surface area contributed by atoms with Crippen LogP contribution in [0.2, 0.25) is 0 Å². The third kappa shape index (κ3) is 5.08. The first-order valence-corrected chi connectivity index (χ1v) is 12.4. The van der Waals surface area contributed by atoms with Crippen molar-refractivity contribution in [3.05, 3.63) is 59.2 Å². The predicted molar refractivity (Wildman–Crippen MR) is 128 cm³/mol. The van der Waals surface area contributed by atoms with E-state index in [0.717, 1.165) is 31.2 Å². The number of hydrogen-bond acceptors (Lipinski definition) is 6. The van der Waals surface area contributed by atoms with Gasteiger partial charge in [0.1, 0.15) is 5.82 Å². The van der Waals surface area contributed by atoms with Crippen molar-refractivity contribution in [2.24, 2.45) is 11.3 Å². The number of carbonyl (C=O) groups excluding carboxylic acids is 2. The number of aromatic nitrogens is 3. The van der Waals surface area contributed by atoms with Crippen molar-refractivity contribution >= 4 is 11.8 Å². The molecule has 2 aliphatic rings. The van der Waals surface area contributed by atoms with Gasteiger partial charge in [0.25, 0.3) is 0 Å². The van der Waals surface area contributed by atoms with E-state index in [9.17, 15) is 14.0 Å². The van der Waals surface area contributed by atoms with Gasteiger partial charge in [-0.2, -0.15) is 0 Å². The number of esters is 1. The summed E-state index contributed by atoms with van der Waals surface area (Å²) in [4.78, 5) is 26.2. The number of benzene rings is 1. The van der Waals surface area contributed by atoms with Crippen LogP contribution in [0.15, 0.2) is 36.5 Å². The zero-order valence-electron chi connectivity index (χ0n) is 20.8. The molecule has 7 nitrogen and oxygen atoms in total. The third-order valence-corrected chi connectivity index (χ3v) is 7.54. The number of aryl methyl sites for hydroxylation is 2. The van der Waals surface area contributed by atoms with Gasteiger partial charge in [-0.3, -0.25) is 9.59 Å². The Hall–Kier alpha value is -2.87. The van der Waals surface area contributed by atoms with E-state index in [0.29, 0.717) is 29.7 Å². The van der Waals surface area contributed by atoms with Crippen molar-refractivity contribution in [2.45, 2.75) is 77.5 Å². The summed E-state index contributed by atoms with van der Waals surface area (Å²) in [5.74, 6) is -0.960. The van der Waals surface area contributed by atoms with Crippen LogP contribution >= 0.6 is 0 Å². The average Bonchev–Trinajstić information content (AvgIpc) is 3.31. The SMILES string of the molecule is C=C1C(=O)[C@](C)(C(=O)OC)[C@@H](CCc2cn(Cc3ccc(C)cc3F)nn2)O[C@H]1C1CCCCC1. The highest BCUT2D eigenvalue weighted by molar-refractivity contribution is 6.13. The fraction of sp³-hybridized carbons (Fsp3) is 0.556. The van der Waals surface area contributed by atoms with Crippen LogP contribution in [0.25, 0.3) is 0 Å².